The maximum atomic E-state index is 14.0. The Labute approximate surface area is 239 Å². The van der Waals surface area contributed by atoms with Gasteiger partial charge >= 0.3 is 11.9 Å². The van der Waals surface area contributed by atoms with Crippen molar-refractivity contribution in [1.29, 1.82) is 0 Å². The van der Waals surface area contributed by atoms with Gasteiger partial charge in [-0.15, -0.1) is 0 Å². The highest BCUT2D eigenvalue weighted by atomic mass is 16.5. The largest absolute Gasteiger partial charge is 0.508 e. The van der Waals surface area contributed by atoms with E-state index < -0.39 is 35.6 Å². The van der Waals surface area contributed by atoms with Gasteiger partial charge in [-0.1, -0.05) is 24.3 Å². The van der Waals surface area contributed by atoms with E-state index >= 15 is 0 Å². The first-order valence-corrected chi connectivity index (χ1v) is 13.0. The molecule has 4 atom stereocenters. The molecule has 4 aromatic rings. The van der Waals surface area contributed by atoms with Gasteiger partial charge in [0, 0.05) is 47.2 Å². The molecule has 10 heteroatoms. The predicted molar refractivity (Wildman–Crippen MR) is 147 cm³/mol. The topological polar surface area (TPSA) is 152 Å². The van der Waals surface area contributed by atoms with E-state index in [9.17, 15) is 30.0 Å². The van der Waals surface area contributed by atoms with Crippen LogP contribution in [-0.4, -0.2) is 46.6 Å². The van der Waals surface area contributed by atoms with Gasteiger partial charge in [0.25, 0.3) is 0 Å². The first-order chi connectivity index (χ1) is 20.2. The van der Waals surface area contributed by atoms with E-state index in [2.05, 4.69) is 0 Å². The van der Waals surface area contributed by atoms with Gasteiger partial charge in [-0.25, -0.2) is 0 Å². The molecule has 0 saturated carbocycles. The van der Waals surface area contributed by atoms with E-state index in [0.29, 0.717) is 22.3 Å². The lowest BCUT2D eigenvalue weighted by Crippen LogP contribution is -2.46. The Balaban J connectivity index is 1.63. The van der Waals surface area contributed by atoms with Gasteiger partial charge < -0.3 is 39.4 Å². The summed E-state index contributed by atoms with van der Waals surface area (Å²) in [4.78, 5) is 28.0. The normalized spacial score (nSPS) is 21.0. The van der Waals surface area contributed by atoms with Crippen molar-refractivity contribution in [3.8, 4) is 46.0 Å². The highest BCUT2D eigenvalue weighted by Gasteiger charge is 2.54. The molecular weight excluding hydrogens is 544 g/mol. The summed E-state index contributed by atoms with van der Waals surface area (Å²) < 4.78 is 22.7. The fraction of sp³-hybridized carbons (Fsp3) is 0.188. The van der Waals surface area contributed by atoms with Crippen LogP contribution in [0.2, 0.25) is 0 Å². The zero-order valence-electron chi connectivity index (χ0n) is 22.5. The van der Waals surface area contributed by atoms with Crippen molar-refractivity contribution in [2.45, 2.75) is 11.8 Å². The summed E-state index contributed by atoms with van der Waals surface area (Å²) in [6.07, 6.45) is 0. The SMILES string of the molecule is COc1cc(O)cc2c1[C@H](c1ccc(O)cc1)[C@H]([C@@H]1C(=O)Oc3cc(O)cc(OC)c3[C@@H]1c1ccc(O)cc1)C(=O)O2. The summed E-state index contributed by atoms with van der Waals surface area (Å²) >= 11 is 0. The second-order valence-corrected chi connectivity index (χ2v) is 10.2. The van der Waals surface area contributed by atoms with Gasteiger partial charge in [0.2, 0.25) is 0 Å². The molecule has 0 radical (unpaired) electrons. The summed E-state index contributed by atoms with van der Waals surface area (Å²) in [5.41, 5.74) is 1.98. The van der Waals surface area contributed by atoms with Crippen molar-refractivity contribution < 1.29 is 49.0 Å². The van der Waals surface area contributed by atoms with Gasteiger partial charge in [-0.05, 0) is 35.4 Å². The number of hydrogen-bond donors (Lipinski definition) is 4. The van der Waals surface area contributed by atoms with Gasteiger partial charge in [0.15, 0.2) is 0 Å². The van der Waals surface area contributed by atoms with Crippen molar-refractivity contribution in [2.24, 2.45) is 11.8 Å². The zero-order chi connectivity index (χ0) is 29.7. The molecule has 2 aliphatic rings. The number of ether oxygens (including phenoxy) is 4. The molecule has 0 aliphatic carbocycles. The first-order valence-electron chi connectivity index (χ1n) is 13.0. The number of hydrogen-bond acceptors (Lipinski definition) is 10. The Morgan fingerprint density at radius 1 is 0.548 bits per heavy atom. The monoisotopic (exact) mass is 570 g/mol. The molecule has 214 valence electrons. The molecule has 0 amide bonds. The number of fused-ring (bicyclic) bond motifs is 2. The molecule has 4 aromatic carbocycles. The number of rotatable bonds is 5. The highest BCUT2D eigenvalue weighted by Crippen LogP contribution is 2.57. The van der Waals surface area contributed by atoms with E-state index in [1.165, 1.54) is 62.8 Å². The van der Waals surface area contributed by atoms with Crippen molar-refractivity contribution >= 4 is 11.9 Å². The minimum atomic E-state index is -1.20. The van der Waals surface area contributed by atoms with Crippen molar-refractivity contribution in [3.05, 3.63) is 95.1 Å². The molecule has 0 unspecified atom stereocenters. The Hall–Kier alpha value is -5.38. The van der Waals surface area contributed by atoms with E-state index in [1.807, 2.05) is 0 Å². The first kappa shape index (κ1) is 26.8. The summed E-state index contributed by atoms with van der Waals surface area (Å²) in [6.45, 7) is 0. The number of carbonyl (C=O) groups is 2. The van der Waals surface area contributed by atoms with Crippen LogP contribution < -0.4 is 18.9 Å². The molecule has 0 bridgehead atoms. The van der Waals surface area contributed by atoms with Gasteiger partial charge in [-0.2, -0.15) is 0 Å². The lowest BCUT2D eigenvalue weighted by Gasteiger charge is -2.42. The van der Waals surface area contributed by atoms with Crippen molar-refractivity contribution in [3.63, 3.8) is 0 Å². The zero-order valence-corrected chi connectivity index (χ0v) is 22.5. The third-order valence-corrected chi connectivity index (χ3v) is 7.81. The molecule has 0 fully saturated rings. The van der Waals surface area contributed by atoms with Gasteiger partial charge in [0.1, 0.15) is 46.0 Å². The fourth-order valence-corrected chi connectivity index (χ4v) is 6.10. The number of phenolic OH excluding ortho intramolecular Hbond substituents is 4. The number of methoxy groups -OCH3 is 2. The molecule has 6 rings (SSSR count). The van der Waals surface area contributed by atoms with Crippen LogP contribution in [0.1, 0.15) is 34.1 Å². The molecule has 42 heavy (non-hydrogen) atoms. The van der Waals surface area contributed by atoms with Crippen LogP contribution in [0.15, 0.2) is 72.8 Å². The second kappa shape index (κ2) is 10.2. The molecule has 4 N–H and O–H groups in total. The molecule has 0 aromatic heterocycles. The maximum Gasteiger partial charge on any atom is 0.316 e. The number of esters is 2. The van der Waals surface area contributed by atoms with Crippen molar-refractivity contribution in [1.82, 2.24) is 0 Å². The third kappa shape index (κ3) is 4.37. The van der Waals surface area contributed by atoms with Crippen LogP contribution >= 0.6 is 0 Å². The average molecular weight is 571 g/mol. The average Bonchev–Trinajstić information content (AvgIpc) is 2.96. The Kier molecular flexibility index (Phi) is 6.53. The maximum absolute atomic E-state index is 14.0. The standard InChI is InChI=1S/C32H26O10/c1-39-21-11-19(35)13-23-27(21)25(15-3-7-17(33)8-4-15)29(31(37)41-23)30-26(16-5-9-18(34)10-6-16)28-22(40-2)12-20(36)14-24(28)42-32(30)38/h3-14,25-26,29-30,33-36H,1-2H3/t25-,26-,29+,30+/m0/s1. The number of carbonyl (C=O) groups excluding carboxylic acids is 2. The fourth-order valence-electron chi connectivity index (χ4n) is 6.10. The molecule has 2 heterocycles. The summed E-state index contributed by atoms with van der Waals surface area (Å²) in [5, 5.41) is 40.7. The molecule has 0 saturated heterocycles. The van der Waals surface area contributed by atoms with Crippen LogP contribution in [-0.2, 0) is 9.59 Å². The van der Waals surface area contributed by atoms with Crippen LogP contribution in [0.5, 0.6) is 46.0 Å². The predicted octanol–water partition coefficient (Wildman–Crippen LogP) is 4.56. The highest BCUT2D eigenvalue weighted by molar-refractivity contribution is 5.91. The number of phenols is 4. The van der Waals surface area contributed by atoms with Crippen LogP contribution in [0, 0.1) is 11.8 Å². The molecular formula is C32H26O10. The quantitative estimate of drug-likeness (QED) is 0.198. The van der Waals surface area contributed by atoms with E-state index in [1.54, 1.807) is 24.3 Å². The van der Waals surface area contributed by atoms with E-state index in [0.717, 1.165) is 0 Å². The van der Waals surface area contributed by atoms with Crippen LogP contribution in [0.4, 0.5) is 0 Å². The lowest BCUT2D eigenvalue weighted by molar-refractivity contribution is -0.154. The smallest absolute Gasteiger partial charge is 0.316 e. The minimum Gasteiger partial charge on any atom is -0.508 e. The van der Waals surface area contributed by atoms with Gasteiger partial charge in [0.05, 0.1) is 26.1 Å². The van der Waals surface area contributed by atoms with Crippen molar-refractivity contribution in [2.75, 3.05) is 14.2 Å². The van der Waals surface area contributed by atoms with Gasteiger partial charge in [-0.3, -0.25) is 9.59 Å². The second-order valence-electron chi connectivity index (χ2n) is 10.2. The third-order valence-electron chi connectivity index (χ3n) is 7.81. The molecule has 2 aliphatic heterocycles. The lowest BCUT2D eigenvalue weighted by atomic mass is 9.65. The summed E-state index contributed by atoms with van der Waals surface area (Å²) in [6, 6.07) is 17.8. The minimum absolute atomic E-state index is 0.00379. The van der Waals surface area contributed by atoms with Crippen LogP contribution in [0.25, 0.3) is 0 Å². The van der Waals surface area contributed by atoms with E-state index in [-0.39, 0.29) is 46.0 Å². The molecule has 10 nitrogen and oxygen atoms in total. The number of aromatic hydroxyl groups is 4. The Bertz CT molecular complexity index is 1570. The Morgan fingerprint density at radius 2 is 0.905 bits per heavy atom. The summed E-state index contributed by atoms with van der Waals surface area (Å²) in [5.74, 6) is -5.34. The van der Waals surface area contributed by atoms with Crippen LogP contribution in [0.3, 0.4) is 0 Å². The number of benzene rings is 4. The summed E-state index contributed by atoms with van der Waals surface area (Å²) in [7, 11) is 2.83. The Morgan fingerprint density at radius 3 is 1.24 bits per heavy atom. The molecule has 0 spiro atoms. The van der Waals surface area contributed by atoms with E-state index in [4.69, 9.17) is 18.9 Å².